The van der Waals surface area contributed by atoms with E-state index in [1.807, 2.05) is 33.7 Å². The van der Waals surface area contributed by atoms with E-state index in [1.165, 1.54) is 0 Å². The molecule has 1 unspecified atom stereocenters. The largest absolute Gasteiger partial charge is 0.376 e. The van der Waals surface area contributed by atoms with Gasteiger partial charge < -0.3 is 15.0 Å². The molecule has 0 aliphatic carbocycles. The summed E-state index contributed by atoms with van der Waals surface area (Å²) in [5, 5.41) is 8.38. The van der Waals surface area contributed by atoms with Gasteiger partial charge in [-0.05, 0) is 37.1 Å². The first-order valence-electron chi connectivity index (χ1n) is 9.45. The smallest absolute Gasteiger partial charge is 0.317 e. The zero-order chi connectivity index (χ0) is 19.1. The molecule has 4 heterocycles. The highest BCUT2D eigenvalue weighted by atomic mass is 35.5. The fourth-order valence-electron chi connectivity index (χ4n) is 3.70. The lowest BCUT2D eigenvalue weighted by Gasteiger charge is -2.27. The molecule has 3 aromatic rings. The quantitative estimate of drug-likeness (QED) is 0.709. The highest BCUT2D eigenvalue weighted by Crippen LogP contribution is 2.30. The number of halogens is 1. The molecule has 2 amide bonds. The number of aromatic nitrogens is 3. The van der Waals surface area contributed by atoms with Gasteiger partial charge in [-0.15, -0.1) is 5.10 Å². The highest BCUT2D eigenvalue weighted by molar-refractivity contribution is 7.17. The van der Waals surface area contributed by atoms with Crippen LogP contribution in [0, 0.1) is 0 Å². The minimum Gasteiger partial charge on any atom is -0.376 e. The van der Waals surface area contributed by atoms with Crippen LogP contribution in [0.3, 0.4) is 0 Å². The van der Waals surface area contributed by atoms with Crippen LogP contribution in [-0.4, -0.2) is 51.3 Å². The summed E-state index contributed by atoms with van der Waals surface area (Å²) in [6, 6.07) is 7.51. The van der Waals surface area contributed by atoms with Crippen LogP contribution in [0.2, 0.25) is 5.02 Å². The Balaban J connectivity index is 1.30. The predicted molar refractivity (Wildman–Crippen MR) is 108 cm³/mol. The van der Waals surface area contributed by atoms with Gasteiger partial charge in [0.25, 0.3) is 0 Å². The maximum absolute atomic E-state index is 12.5. The highest BCUT2D eigenvalue weighted by Gasteiger charge is 2.27. The second-order valence-corrected chi connectivity index (χ2v) is 8.60. The summed E-state index contributed by atoms with van der Waals surface area (Å²) >= 11 is 7.56. The van der Waals surface area contributed by atoms with Gasteiger partial charge in [-0.2, -0.15) is 4.98 Å². The van der Waals surface area contributed by atoms with Crippen LogP contribution in [0.15, 0.2) is 24.3 Å². The molecule has 146 valence electrons. The lowest BCUT2D eigenvalue weighted by atomic mass is 10.2. The zero-order valence-corrected chi connectivity index (χ0v) is 16.8. The normalized spacial score (nSPS) is 19.2. The summed E-state index contributed by atoms with van der Waals surface area (Å²) in [4.78, 5) is 21.0. The first kappa shape index (κ1) is 17.9. The van der Waals surface area contributed by atoms with Crippen molar-refractivity contribution in [3.05, 3.63) is 39.9 Å². The number of carbonyl (C=O) groups is 1. The average molecular weight is 418 g/mol. The van der Waals surface area contributed by atoms with Gasteiger partial charge in [0.05, 0.1) is 18.3 Å². The Morgan fingerprint density at radius 2 is 2.21 bits per heavy atom. The molecule has 2 aliphatic heterocycles. The molecular weight excluding hydrogens is 398 g/mol. The number of hydrogen-bond donors (Lipinski definition) is 1. The number of ether oxygens (including phenoxy) is 1. The van der Waals surface area contributed by atoms with Crippen LogP contribution in [0.1, 0.15) is 23.4 Å². The van der Waals surface area contributed by atoms with Crippen molar-refractivity contribution in [3.63, 3.8) is 0 Å². The minimum absolute atomic E-state index is 0.0259. The lowest BCUT2D eigenvalue weighted by molar-refractivity contribution is 0.108. The van der Waals surface area contributed by atoms with Crippen molar-refractivity contribution in [2.24, 2.45) is 0 Å². The molecule has 0 saturated carbocycles. The number of fused-ring (bicyclic) bond motifs is 3. The number of nitrogens with one attached hydrogen (secondary N) is 1. The number of hydrogen-bond acceptors (Lipinski definition) is 5. The van der Waals surface area contributed by atoms with E-state index in [1.54, 1.807) is 11.3 Å². The predicted octanol–water partition coefficient (Wildman–Crippen LogP) is 3.36. The summed E-state index contributed by atoms with van der Waals surface area (Å²) in [6.45, 7) is 2.65. The minimum atomic E-state index is -0.0259. The Kier molecular flexibility index (Phi) is 4.70. The lowest BCUT2D eigenvalue weighted by Crippen LogP contribution is -2.44. The topological polar surface area (TPSA) is 71.8 Å². The van der Waals surface area contributed by atoms with Gasteiger partial charge in [0, 0.05) is 41.6 Å². The van der Waals surface area contributed by atoms with E-state index in [0.29, 0.717) is 30.5 Å². The van der Waals surface area contributed by atoms with Crippen molar-refractivity contribution in [2.75, 3.05) is 19.7 Å². The summed E-state index contributed by atoms with van der Waals surface area (Å²) in [5.41, 5.74) is 2.09. The average Bonchev–Trinajstić information content (AvgIpc) is 3.42. The van der Waals surface area contributed by atoms with Gasteiger partial charge in [-0.3, -0.25) is 0 Å². The number of rotatable bonds is 3. The molecular formula is C19H20ClN5O2S. The van der Waals surface area contributed by atoms with Crippen molar-refractivity contribution in [3.8, 4) is 11.4 Å². The van der Waals surface area contributed by atoms with E-state index in [2.05, 4.69) is 15.4 Å². The fraction of sp³-hybridized carbons (Fsp3) is 0.421. The maximum Gasteiger partial charge on any atom is 0.317 e. The van der Waals surface area contributed by atoms with Gasteiger partial charge in [0.1, 0.15) is 0 Å². The van der Waals surface area contributed by atoms with Crippen LogP contribution in [0.4, 0.5) is 4.79 Å². The third-order valence-corrected chi connectivity index (χ3v) is 6.53. The number of urea groups is 1. The van der Waals surface area contributed by atoms with Gasteiger partial charge in [0.2, 0.25) is 4.96 Å². The van der Waals surface area contributed by atoms with Crippen LogP contribution in [0.25, 0.3) is 16.3 Å². The van der Waals surface area contributed by atoms with Crippen molar-refractivity contribution in [2.45, 2.75) is 31.9 Å². The zero-order valence-electron chi connectivity index (χ0n) is 15.2. The Morgan fingerprint density at radius 1 is 1.36 bits per heavy atom. The second-order valence-electron chi connectivity index (χ2n) is 7.10. The fourth-order valence-corrected chi connectivity index (χ4v) is 4.94. The molecule has 2 aliphatic rings. The molecule has 7 nitrogen and oxygen atoms in total. The van der Waals surface area contributed by atoms with Crippen molar-refractivity contribution in [1.29, 1.82) is 0 Å². The number of nitrogens with zero attached hydrogens (tertiary/aromatic N) is 4. The first-order valence-corrected chi connectivity index (χ1v) is 10.6. The Hall–Kier alpha value is -2.16. The Morgan fingerprint density at radius 3 is 3.00 bits per heavy atom. The molecule has 0 bridgehead atoms. The third kappa shape index (κ3) is 3.36. The van der Waals surface area contributed by atoms with E-state index in [-0.39, 0.29) is 12.1 Å². The summed E-state index contributed by atoms with van der Waals surface area (Å²) < 4.78 is 7.49. The van der Waals surface area contributed by atoms with E-state index in [0.717, 1.165) is 47.0 Å². The van der Waals surface area contributed by atoms with Crippen molar-refractivity contribution < 1.29 is 9.53 Å². The molecule has 28 heavy (non-hydrogen) atoms. The van der Waals surface area contributed by atoms with E-state index in [9.17, 15) is 4.79 Å². The molecule has 5 rings (SSSR count). The molecule has 1 N–H and O–H groups in total. The van der Waals surface area contributed by atoms with Crippen molar-refractivity contribution >= 4 is 33.9 Å². The van der Waals surface area contributed by atoms with Gasteiger partial charge in [0.15, 0.2) is 5.82 Å². The van der Waals surface area contributed by atoms with E-state index >= 15 is 0 Å². The monoisotopic (exact) mass is 417 g/mol. The van der Waals surface area contributed by atoms with E-state index in [4.69, 9.17) is 16.3 Å². The second kappa shape index (κ2) is 7.35. The van der Waals surface area contributed by atoms with Crippen LogP contribution in [-0.2, 0) is 17.7 Å². The van der Waals surface area contributed by atoms with Gasteiger partial charge in [-0.25, -0.2) is 9.31 Å². The summed E-state index contributed by atoms with van der Waals surface area (Å²) in [5.74, 6) is 0.697. The van der Waals surface area contributed by atoms with Gasteiger partial charge in [-0.1, -0.05) is 22.9 Å². The van der Waals surface area contributed by atoms with E-state index < -0.39 is 0 Å². The molecule has 0 radical (unpaired) electrons. The molecule has 9 heteroatoms. The molecule has 1 saturated heterocycles. The standard InChI is InChI=1S/C19H20ClN5O2S/c20-13-5-3-12(4-6-13)17-22-19-25(23-17)15-7-8-24(11-16(15)28-19)18(26)21-10-14-2-1-9-27-14/h3-6,14H,1-2,7-11H2,(H,21,26). The number of amides is 2. The van der Waals surface area contributed by atoms with Crippen LogP contribution >= 0.6 is 22.9 Å². The molecule has 1 aromatic carbocycles. The molecule has 1 fully saturated rings. The Bertz CT molecular complexity index is 1010. The SMILES string of the molecule is O=C(NCC1CCCO1)N1CCc2c(sc3nc(-c4ccc(Cl)cc4)nn23)C1. The van der Waals surface area contributed by atoms with Gasteiger partial charge >= 0.3 is 6.03 Å². The maximum atomic E-state index is 12.5. The van der Waals surface area contributed by atoms with Crippen LogP contribution < -0.4 is 5.32 Å². The number of thiazole rings is 1. The molecule has 2 aromatic heterocycles. The molecule has 1 atom stereocenters. The third-order valence-electron chi connectivity index (χ3n) is 5.22. The van der Waals surface area contributed by atoms with Crippen molar-refractivity contribution in [1.82, 2.24) is 24.8 Å². The molecule has 0 spiro atoms. The Labute approximate surface area is 171 Å². The number of carbonyl (C=O) groups excluding carboxylic acids is 1. The number of benzene rings is 1. The summed E-state index contributed by atoms with van der Waals surface area (Å²) in [7, 11) is 0. The summed E-state index contributed by atoms with van der Waals surface area (Å²) in [6.07, 6.45) is 3.03. The first-order chi connectivity index (χ1) is 13.7. The van der Waals surface area contributed by atoms with Crippen LogP contribution in [0.5, 0.6) is 0 Å².